The second-order valence-corrected chi connectivity index (χ2v) is 6.23. The van der Waals surface area contributed by atoms with E-state index in [9.17, 15) is 9.59 Å². The number of carbonyl (C=O) groups is 2. The van der Waals surface area contributed by atoms with Gasteiger partial charge in [-0.15, -0.1) is 0 Å². The van der Waals surface area contributed by atoms with Crippen LogP contribution < -0.4 is 0 Å². The van der Waals surface area contributed by atoms with Gasteiger partial charge in [0.1, 0.15) is 0 Å². The summed E-state index contributed by atoms with van der Waals surface area (Å²) in [6.07, 6.45) is 0.00497. The van der Waals surface area contributed by atoms with E-state index in [-0.39, 0.29) is 6.42 Å². The quantitative estimate of drug-likeness (QED) is 0.787. The van der Waals surface area contributed by atoms with Crippen LogP contribution in [0.2, 0.25) is 5.02 Å². The van der Waals surface area contributed by atoms with Crippen molar-refractivity contribution in [1.82, 2.24) is 0 Å². The molecule has 0 aliphatic rings. The Hall–Kier alpha value is -1.98. The van der Waals surface area contributed by atoms with Crippen LogP contribution in [0.15, 0.2) is 52.3 Å². The number of rotatable bonds is 6. The third-order valence-corrected chi connectivity index (χ3v) is 4.26. The van der Waals surface area contributed by atoms with E-state index >= 15 is 0 Å². The Labute approximate surface area is 143 Å². The molecule has 1 N–H and O–H groups in total. The Morgan fingerprint density at radius 2 is 1.78 bits per heavy atom. The van der Waals surface area contributed by atoms with Crippen molar-refractivity contribution >= 4 is 35.3 Å². The number of hydrogen-bond acceptors (Lipinski definition) is 4. The molecule has 0 radical (unpaired) electrons. The molecule has 4 nitrogen and oxygen atoms in total. The van der Waals surface area contributed by atoms with Crippen molar-refractivity contribution in [3.05, 3.63) is 58.6 Å². The number of benzene rings is 2. The third-order valence-electron chi connectivity index (χ3n) is 2.95. The monoisotopic (exact) mass is 350 g/mol. The topological polar surface area (TPSA) is 63.6 Å². The van der Waals surface area contributed by atoms with E-state index in [0.717, 1.165) is 15.4 Å². The summed E-state index contributed by atoms with van der Waals surface area (Å²) in [5.41, 5.74) is 1.09. The minimum absolute atomic E-state index is 0.00497. The molecule has 0 saturated heterocycles. The molecule has 0 atom stereocenters. The van der Waals surface area contributed by atoms with E-state index in [4.69, 9.17) is 21.4 Å². The summed E-state index contributed by atoms with van der Waals surface area (Å²) in [6, 6.07) is 12.4. The fourth-order valence-corrected chi connectivity index (χ4v) is 3.10. The van der Waals surface area contributed by atoms with Gasteiger partial charge in [0.05, 0.1) is 23.6 Å². The zero-order valence-corrected chi connectivity index (χ0v) is 14.0. The summed E-state index contributed by atoms with van der Waals surface area (Å²) < 4.78 is 4.93. The Bertz CT molecular complexity index is 713. The van der Waals surface area contributed by atoms with Crippen LogP contribution in [-0.2, 0) is 16.0 Å². The maximum atomic E-state index is 11.7. The first-order valence-corrected chi connectivity index (χ1v) is 8.14. The SMILES string of the molecule is CCOC(=O)c1ccc(Sc2ccc(CC(=O)O)cc2)cc1Cl. The number of carbonyl (C=O) groups excluding carboxylic acids is 1. The van der Waals surface area contributed by atoms with E-state index in [1.54, 1.807) is 37.3 Å². The first-order chi connectivity index (χ1) is 11.0. The second-order valence-electron chi connectivity index (χ2n) is 4.68. The summed E-state index contributed by atoms with van der Waals surface area (Å²) in [7, 11) is 0. The van der Waals surface area contributed by atoms with Gasteiger partial charge in [-0.25, -0.2) is 4.79 Å². The first kappa shape index (κ1) is 17.4. The smallest absolute Gasteiger partial charge is 0.339 e. The number of carboxylic acids is 1. The van der Waals surface area contributed by atoms with Gasteiger partial charge < -0.3 is 9.84 Å². The molecule has 0 aliphatic carbocycles. The molecule has 0 amide bonds. The van der Waals surface area contributed by atoms with Crippen LogP contribution in [0.25, 0.3) is 0 Å². The highest BCUT2D eigenvalue weighted by atomic mass is 35.5. The van der Waals surface area contributed by atoms with E-state index < -0.39 is 11.9 Å². The molecule has 2 aromatic rings. The Kier molecular flexibility index (Phi) is 6.07. The van der Waals surface area contributed by atoms with Crippen molar-refractivity contribution in [3.8, 4) is 0 Å². The van der Waals surface area contributed by atoms with Crippen molar-refractivity contribution in [2.24, 2.45) is 0 Å². The number of hydrogen-bond donors (Lipinski definition) is 1. The maximum absolute atomic E-state index is 11.7. The molecule has 0 spiro atoms. The maximum Gasteiger partial charge on any atom is 0.339 e. The minimum Gasteiger partial charge on any atom is -0.481 e. The molecule has 0 heterocycles. The normalized spacial score (nSPS) is 10.3. The highest BCUT2D eigenvalue weighted by Crippen LogP contribution is 2.31. The van der Waals surface area contributed by atoms with Crippen LogP contribution in [0.4, 0.5) is 0 Å². The summed E-state index contributed by atoms with van der Waals surface area (Å²) in [5, 5.41) is 9.10. The standard InChI is InChI=1S/C17H15ClO4S/c1-2-22-17(21)14-8-7-13(10-15(14)18)23-12-5-3-11(4-6-12)9-16(19)20/h3-8,10H,2,9H2,1H3,(H,19,20). The molecular formula is C17H15ClO4S. The zero-order chi connectivity index (χ0) is 16.8. The molecule has 0 aliphatic heterocycles. The number of halogens is 1. The van der Waals surface area contributed by atoms with Crippen molar-refractivity contribution < 1.29 is 19.4 Å². The molecule has 0 aromatic heterocycles. The van der Waals surface area contributed by atoms with Gasteiger partial charge in [0.25, 0.3) is 0 Å². The van der Waals surface area contributed by atoms with Crippen molar-refractivity contribution in [2.75, 3.05) is 6.61 Å². The molecule has 0 fully saturated rings. The molecule has 0 unspecified atom stereocenters. The Balaban J connectivity index is 2.10. The van der Waals surface area contributed by atoms with Gasteiger partial charge in [-0.05, 0) is 42.8 Å². The van der Waals surface area contributed by atoms with Crippen LogP contribution in [0.5, 0.6) is 0 Å². The van der Waals surface area contributed by atoms with E-state index in [1.165, 1.54) is 11.8 Å². The fraction of sp³-hybridized carbons (Fsp3) is 0.176. The third kappa shape index (κ3) is 5.01. The highest BCUT2D eigenvalue weighted by molar-refractivity contribution is 7.99. The number of carboxylic acid groups (broad SMARTS) is 1. The summed E-state index contributed by atoms with van der Waals surface area (Å²) in [5.74, 6) is -1.29. The van der Waals surface area contributed by atoms with E-state index in [0.29, 0.717) is 17.2 Å². The van der Waals surface area contributed by atoms with Gasteiger partial charge in [-0.1, -0.05) is 35.5 Å². The predicted molar refractivity (Wildman–Crippen MR) is 89.3 cm³/mol. The van der Waals surface area contributed by atoms with Crippen LogP contribution in [-0.4, -0.2) is 23.7 Å². The van der Waals surface area contributed by atoms with Gasteiger partial charge >= 0.3 is 11.9 Å². The zero-order valence-electron chi connectivity index (χ0n) is 12.4. The number of esters is 1. The average Bonchev–Trinajstić information content (AvgIpc) is 2.49. The van der Waals surface area contributed by atoms with Crippen molar-refractivity contribution in [2.45, 2.75) is 23.1 Å². The van der Waals surface area contributed by atoms with Crippen LogP contribution in [0, 0.1) is 0 Å². The predicted octanol–water partition coefficient (Wildman–Crippen LogP) is 4.30. The molecule has 23 heavy (non-hydrogen) atoms. The summed E-state index contributed by atoms with van der Waals surface area (Å²) in [4.78, 5) is 24.2. The first-order valence-electron chi connectivity index (χ1n) is 6.95. The van der Waals surface area contributed by atoms with Crippen LogP contribution in [0.1, 0.15) is 22.8 Å². The summed E-state index contributed by atoms with van der Waals surface area (Å²) in [6.45, 7) is 2.04. The van der Waals surface area contributed by atoms with Gasteiger partial charge in [0.2, 0.25) is 0 Å². The summed E-state index contributed by atoms with van der Waals surface area (Å²) >= 11 is 7.61. The van der Waals surface area contributed by atoms with Crippen LogP contribution >= 0.6 is 23.4 Å². The molecule has 6 heteroatoms. The van der Waals surface area contributed by atoms with Gasteiger partial charge in [0.15, 0.2) is 0 Å². The highest BCUT2D eigenvalue weighted by Gasteiger charge is 2.12. The lowest BCUT2D eigenvalue weighted by atomic mass is 10.2. The van der Waals surface area contributed by atoms with Gasteiger partial charge in [0, 0.05) is 9.79 Å². The van der Waals surface area contributed by atoms with Crippen LogP contribution in [0.3, 0.4) is 0 Å². The molecular weight excluding hydrogens is 336 g/mol. The average molecular weight is 351 g/mol. The lowest BCUT2D eigenvalue weighted by molar-refractivity contribution is -0.136. The van der Waals surface area contributed by atoms with Crippen molar-refractivity contribution in [3.63, 3.8) is 0 Å². The fourth-order valence-electron chi connectivity index (χ4n) is 1.92. The van der Waals surface area contributed by atoms with Gasteiger partial charge in [-0.3, -0.25) is 4.79 Å². The minimum atomic E-state index is -0.855. The van der Waals surface area contributed by atoms with E-state index in [2.05, 4.69) is 0 Å². The molecule has 2 aromatic carbocycles. The molecule has 2 rings (SSSR count). The Morgan fingerprint density at radius 1 is 1.13 bits per heavy atom. The molecule has 0 bridgehead atoms. The van der Waals surface area contributed by atoms with Gasteiger partial charge in [-0.2, -0.15) is 0 Å². The van der Waals surface area contributed by atoms with Crippen molar-refractivity contribution in [1.29, 1.82) is 0 Å². The number of aliphatic carboxylic acids is 1. The largest absolute Gasteiger partial charge is 0.481 e. The number of ether oxygens (including phenoxy) is 1. The lowest BCUT2D eigenvalue weighted by Gasteiger charge is -2.07. The molecule has 120 valence electrons. The lowest BCUT2D eigenvalue weighted by Crippen LogP contribution is -2.05. The van der Waals surface area contributed by atoms with E-state index in [1.807, 2.05) is 12.1 Å². The second kappa shape index (κ2) is 8.04. The molecule has 0 saturated carbocycles. The Morgan fingerprint density at radius 3 is 2.35 bits per heavy atom.